The second-order valence-corrected chi connectivity index (χ2v) is 10.8. The standard InChI is InChI=1S/C30H32N6O/c1-20-15-34(19-25(29(20)37)16-33(2)3)26-8-9-27-24(12-26)18-35-17-23(22-6-4-21(14-31)5-7-22)13-28(35)30-32-10-11-36(27)30/h4-13,17,20,25,29,37H,15-16,18-19H2,1-3H3/t20?,25-,29+/m1/s1. The second-order valence-electron chi connectivity index (χ2n) is 10.8. The number of hydrogen-bond acceptors (Lipinski definition) is 5. The Bertz CT molecular complexity index is 1470. The number of aliphatic hydroxyl groups is 1. The third-order valence-electron chi connectivity index (χ3n) is 7.77. The molecule has 2 aliphatic heterocycles. The van der Waals surface area contributed by atoms with E-state index in [1.807, 2.05) is 36.7 Å². The van der Waals surface area contributed by atoms with E-state index in [9.17, 15) is 5.11 Å². The zero-order valence-corrected chi connectivity index (χ0v) is 21.5. The SMILES string of the molecule is CC1CN(c2ccc3c(c2)Cn2cc(-c4ccc(C#N)cc4)cc2-c2nccn2-3)C[C@@H](CN(C)C)[C@H]1O. The van der Waals surface area contributed by atoms with Crippen LogP contribution in [0.1, 0.15) is 18.1 Å². The molecule has 188 valence electrons. The summed E-state index contributed by atoms with van der Waals surface area (Å²) in [5, 5.41) is 20.0. The number of aliphatic hydroxyl groups excluding tert-OH is 1. The smallest absolute Gasteiger partial charge is 0.161 e. The molecule has 1 unspecified atom stereocenters. The Morgan fingerprint density at radius 1 is 1.08 bits per heavy atom. The highest BCUT2D eigenvalue weighted by atomic mass is 16.3. The van der Waals surface area contributed by atoms with Crippen molar-refractivity contribution in [2.24, 2.45) is 11.8 Å². The monoisotopic (exact) mass is 492 g/mol. The van der Waals surface area contributed by atoms with E-state index in [0.29, 0.717) is 5.56 Å². The first-order valence-corrected chi connectivity index (χ1v) is 12.9. The summed E-state index contributed by atoms with van der Waals surface area (Å²) in [7, 11) is 4.14. The van der Waals surface area contributed by atoms with Crippen molar-refractivity contribution in [2.75, 3.05) is 38.6 Å². The molecule has 7 heteroatoms. The van der Waals surface area contributed by atoms with Gasteiger partial charge < -0.3 is 19.5 Å². The molecule has 0 bridgehead atoms. The minimum Gasteiger partial charge on any atom is -0.392 e. The van der Waals surface area contributed by atoms with Crippen LogP contribution in [0, 0.1) is 23.2 Å². The maximum atomic E-state index is 10.8. The molecule has 2 aromatic heterocycles. The quantitative estimate of drug-likeness (QED) is 0.406. The van der Waals surface area contributed by atoms with Crippen molar-refractivity contribution >= 4 is 5.69 Å². The molecule has 2 aromatic carbocycles. The highest BCUT2D eigenvalue weighted by Crippen LogP contribution is 2.36. The van der Waals surface area contributed by atoms with Gasteiger partial charge in [0.15, 0.2) is 5.82 Å². The fourth-order valence-electron chi connectivity index (χ4n) is 5.96. The van der Waals surface area contributed by atoms with Gasteiger partial charge in [0.25, 0.3) is 0 Å². The number of imidazole rings is 1. The molecule has 2 aliphatic rings. The molecule has 4 heterocycles. The second kappa shape index (κ2) is 9.22. The molecule has 0 radical (unpaired) electrons. The van der Waals surface area contributed by atoms with Gasteiger partial charge in [-0.05, 0) is 67.5 Å². The zero-order valence-electron chi connectivity index (χ0n) is 21.5. The number of benzene rings is 2. The Hall–Kier alpha value is -3.86. The average Bonchev–Trinajstić information content (AvgIpc) is 3.51. The third kappa shape index (κ3) is 4.22. The van der Waals surface area contributed by atoms with Crippen molar-refractivity contribution < 1.29 is 5.11 Å². The zero-order chi connectivity index (χ0) is 25.7. The van der Waals surface area contributed by atoms with E-state index in [-0.39, 0.29) is 17.9 Å². The van der Waals surface area contributed by atoms with Gasteiger partial charge in [-0.1, -0.05) is 19.1 Å². The van der Waals surface area contributed by atoms with Crippen LogP contribution >= 0.6 is 0 Å². The summed E-state index contributed by atoms with van der Waals surface area (Å²) in [6, 6.07) is 18.8. The lowest BCUT2D eigenvalue weighted by molar-refractivity contribution is 0.0336. The van der Waals surface area contributed by atoms with Crippen molar-refractivity contribution in [1.29, 1.82) is 5.26 Å². The molecule has 3 atom stereocenters. The van der Waals surface area contributed by atoms with Crippen LogP contribution in [0.2, 0.25) is 0 Å². The highest BCUT2D eigenvalue weighted by molar-refractivity contribution is 5.72. The maximum absolute atomic E-state index is 10.8. The number of anilines is 1. The lowest BCUT2D eigenvalue weighted by Crippen LogP contribution is -2.51. The molecule has 1 N–H and O–H groups in total. The molecule has 1 fully saturated rings. The molecule has 6 rings (SSSR count). The number of nitrogens with zero attached hydrogens (tertiary/aromatic N) is 6. The average molecular weight is 493 g/mol. The Labute approximate surface area is 217 Å². The van der Waals surface area contributed by atoms with Crippen LogP contribution in [0.4, 0.5) is 5.69 Å². The predicted molar refractivity (Wildman–Crippen MR) is 146 cm³/mol. The minimum atomic E-state index is -0.281. The molecule has 0 spiro atoms. The Kier molecular flexibility index (Phi) is 5.86. The van der Waals surface area contributed by atoms with Crippen molar-refractivity contribution in [3.8, 4) is 34.4 Å². The summed E-state index contributed by atoms with van der Waals surface area (Å²) in [4.78, 5) is 9.32. The van der Waals surface area contributed by atoms with Gasteiger partial charge in [-0.2, -0.15) is 5.26 Å². The van der Waals surface area contributed by atoms with E-state index < -0.39 is 0 Å². The molecule has 0 amide bonds. The maximum Gasteiger partial charge on any atom is 0.161 e. The number of hydrogen-bond donors (Lipinski definition) is 1. The van der Waals surface area contributed by atoms with Gasteiger partial charge in [0.2, 0.25) is 0 Å². The van der Waals surface area contributed by atoms with Gasteiger partial charge in [-0.3, -0.25) is 4.57 Å². The number of nitriles is 1. The van der Waals surface area contributed by atoms with Crippen LogP contribution in [0.15, 0.2) is 67.1 Å². The van der Waals surface area contributed by atoms with Crippen LogP contribution in [0.25, 0.3) is 28.3 Å². The fraction of sp³-hybridized carbons (Fsp3) is 0.333. The van der Waals surface area contributed by atoms with E-state index in [1.54, 1.807) is 0 Å². The largest absolute Gasteiger partial charge is 0.392 e. The summed E-state index contributed by atoms with van der Waals surface area (Å²) in [5.74, 6) is 1.35. The fourth-order valence-corrected chi connectivity index (χ4v) is 5.96. The molecule has 0 saturated carbocycles. The summed E-state index contributed by atoms with van der Waals surface area (Å²) in [6.07, 6.45) is 5.79. The lowest BCUT2D eigenvalue weighted by Gasteiger charge is -2.42. The first-order chi connectivity index (χ1) is 17.9. The summed E-state index contributed by atoms with van der Waals surface area (Å²) >= 11 is 0. The first kappa shape index (κ1) is 23.5. The van der Waals surface area contributed by atoms with Crippen LogP contribution in [0.3, 0.4) is 0 Å². The molecule has 37 heavy (non-hydrogen) atoms. The molecule has 4 aromatic rings. The summed E-state index contributed by atoms with van der Waals surface area (Å²) in [6.45, 7) is 5.45. The Morgan fingerprint density at radius 2 is 1.89 bits per heavy atom. The van der Waals surface area contributed by atoms with Crippen LogP contribution in [0.5, 0.6) is 0 Å². The van der Waals surface area contributed by atoms with Gasteiger partial charge in [0, 0.05) is 61.9 Å². The summed E-state index contributed by atoms with van der Waals surface area (Å²) < 4.78 is 4.46. The lowest BCUT2D eigenvalue weighted by atomic mass is 9.86. The van der Waals surface area contributed by atoms with E-state index in [1.165, 1.54) is 11.3 Å². The van der Waals surface area contributed by atoms with E-state index in [2.05, 4.69) is 76.5 Å². The number of aromatic nitrogens is 3. The molecular weight excluding hydrogens is 460 g/mol. The van der Waals surface area contributed by atoms with Crippen molar-refractivity contribution in [2.45, 2.75) is 19.6 Å². The molecule has 0 aliphatic carbocycles. The highest BCUT2D eigenvalue weighted by Gasteiger charge is 2.34. The van der Waals surface area contributed by atoms with E-state index in [4.69, 9.17) is 10.2 Å². The predicted octanol–water partition coefficient (Wildman–Crippen LogP) is 4.24. The van der Waals surface area contributed by atoms with Gasteiger partial charge in [-0.25, -0.2) is 4.98 Å². The molecule has 7 nitrogen and oxygen atoms in total. The van der Waals surface area contributed by atoms with Crippen LogP contribution < -0.4 is 4.90 Å². The van der Waals surface area contributed by atoms with Crippen molar-refractivity contribution in [1.82, 2.24) is 19.0 Å². The van der Waals surface area contributed by atoms with Gasteiger partial charge >= 0.3 is 0 Å². The number of rotatable bonds is 4. The number of piperidine rings is 1. The van der Waals surface area contributed by atoms with Gasteiger partial charge in [0.05, 0.1) is 29.1 Å². The topological polar surface area (TPSA) is 73.2 Å². The van der Waals surface area contributed by atoms with Crippen molar-refractivity contribution in [3.63, 3.8) is 0 Å². The third-order valence-corrected chi connectivity index (χ3v) is 7.77. The van der Waals surface area contributed by atoms with Crippen LogP contribution in [-0.4, -0.2) is 64.0 Å². The van der Waals surface area contributed by atoms with Crippen molar-refractivity contribution in [3.05, 3.63) is 78.2 Å². The molecule has 1 saturated heterocycles. The first-order valence-electron chi connectivity index (χ1n) is 12.9. The van der Waals surface area contributed by atoms with Gasteiger partial charge in [-0.15, -0.1) is 0 Å². The number of fused-ring (bicyclic) bond motifs is 5. The minimum absolute atomic E-state index is 0.212. The Balaban J connectivity index is 1.37. The molecular formula is C30H32N6O. The van der Waals surface area contributed by atoms with Gasteiger partial charge in [0.1, 0.15) is 0 Å². The van der Waals surface area contributed by atoms with E-state index >= 15 is 0 Å². The summed E-state index contributed by atoms with van der Waals surface area (Å²) in [5.41, 5.74) is 7.51. The van der Waals surface area contributed by atoms with E-state index in [0.717, 1.165) is 54.5 Å². The normalized spacial score (nSPS) is 20.6. The van der Waals surface area contributed by atoms with Crippen LogP contribution in [-0.2, 0) is 6.54 Å². The Morgan fingerprint density at radius 3 is 2.65 bits per heavy atom.